The molecule has 0 spiro atoms. The van der Waals surface area contributed by atoms with Crippen molar-refractivity contribution in [2.45, 2.75) is 6.54 Å². The van der Waals surface area contributed by atoms with Crippen molar-refractivity contribution in [3.8, 4) is 6.07 Å². The van der Waals surface area contributed by atoms with Crippen LogP contribution in [0.2, 0.25) is 0 Å². The van der Waals surface area contributed by atoms with Crippen LogP contribution >= 0.6 is 0 Å². The predicted molar refractivity (Wildman–Crippen MR) is 126 cm³/mol. The molecule has 33 heavy (non-hydrogen) atoms. The quantitative estimate of drug-likeness (QED) is 0.371. The van der Waals surface area contributed by atoms with Crippen LogP contribution in [0, 0.1) is 11.3 Å². The number of hydrogen-bond donors (Lipinski definition) is 1. The van der Waals surface area contributed by atoms with Gasteiger partial charge in [-0.1, -0.05) is 43.0 Å². The van der Waals surface area contributed by atoms with Crippen LogP contribution < -0.4 is 10.5 Å². The van der Waals surface area contributed by atoms with E-state index in [1.165, 1.54) is 21.6 Å². The Balaban J connectivity index is 1.73. The third kappa shape index (κ3) is 4.21. The Morgan fingerprint density at radius 2 is 1.88 bits per heavy atom. The number of aromatic nitrogens is 2. The Bertz CT molecular complexity index is 1330. The van der Waals surface area contributed by atoms with Crippen LogP contribution in [0.1, 0.15) is 11.1 Å². The minimum absolute atomic E-state index is 0.0561. The van der Waals surface area contributed by atoms with Gasteiger partial charge in [0.2, 0.25) is 0 Å². The smallest absolute Gasteiger partial charge is 0.288 e. The van der Waals surface area contributed by atoms with E-state index in [1.807, 2.05) is 41.3 Å². The fourth-order valence-corrected chi connectivity index (χ4v) is 4.08. The Labute approximate surface area is 190 Å². The molecule has 1 saturated heterocycles. The number of amides is 1. The molecule has 8 nitrogen and oxygen atoms in total. The molecule has 1 aliphatic heterocycles. The summed E-state index contributed by atoms with van der Waals surface area (Å²) in [6.45, 7) is 5.29. The first-order chi connectivity index (χ1) is 16.0. The van der Waals surface area contributed by atoms with E-state index in [0.29, 0.717) is 49.4 Å². The van der Waals surface area contributed by atoms with Gasteiger partial charge in [-0.25, -0.2) is 4.98 Å². The molecule has 0 bridgehead atoms. The fourth-order valence-electron chi connectivity index (χ4n) is 4.08. The molecule has 166 valence electrons. The maximum atomic E-state index is 13.4. The predicted octanol–water partition coefficient (Wildman–Crippen LogP) is 2.59. The Morgan fingerprint density at radius 1 is 1.15 bits per heavy atom. The summed E-state index contributed by atoms with van der Waals surface area (Å²) in [4.78, 5) is 33.7. The van der Waals surface area contributed by atoms with Gasteiger partial charge in [0, 0.05) is 37.8 Å². The number of pyridine rings is 2. The van der Waals surface area contributed by atoms with Gasteiger partial charge >= 0.3 is 0 Å². The zero-order valence-corrected chi connectivity index (χ0v) is 18.0. The molecule has 4 rings (SSSR count). The molecule has 8 heteroatoms. The lowest BCUT2D eigenvalue weighted by atomic mass is 10.1. The van der Waals surface area contributed by atoms with E-state index in [9.17, 15) is 20.0 Å². The lowest BCUT2D eigenvalue weighted by Gasteiger charge is -2.36. The molecule has 1 aromatic carbocycles. The molecule has 1 N–H and O–H groups in total. The van der Waals surface area contributed by atoms with Crippen LogP contribution in [0.15, 0.2) is 77.9 Å². The van der Waals surface area contributed by atoms with E-state index in [4.69, 9.17) is 0 Å². The van der Waals surface area contributed by atoms with Crippen molar-refractivity contribution in [2.75, 3.05) is 31.1 Å². The standard InChI is InChI=1S/C25H23N5O3/c1-2-7-21(31)25(33)29-14-12-28(13-15-29)22-19-10-6-11-27-23(19)30(24(32)20(22)16-26)17-18-8-4-3-5-9-18/h2-11,31H,1,12-15,17H2/b21-7-. The number of benzene rings is 1. The van der Waals surface area contributed by atoms with Crippen molar-refractivity contribution in [2.24, 2.45) is 0 Å². The van der Waals surface area contributed by atoms with Gasteiger partial charge in [-0.2, -0.15) is 5.26 Å². The third-order valence-electron chi connectivity index (χ3n) is 5.67. The average Bonchev–Trinajstić information content (AvgIpc) is 2.86. The van der Waals surface area contributed by atoms with Gasteiger partial charge < -0.3 is 14.9 Å². The Hall–Kier alpha value is -4.38. The van der Waals surface area contributed by atoms with Gasteiger partial charge in [0.05, 0.1) is 12.2 Å². The number of rotatable bonds is 5. The summed E-state index contributed by atoms with van der Waals surface area (Å²) in [5.74, 6) is -0.839. The van der Waals surface area contributed by atoms with Crippen LogP contribution in [-0.2, 0) is 11.3 Å². The van der Waals surface area contributed by atoms with Crippen molar-refractivity contribution >= 4 is 22.6 Å². The van der Waals surface area contributed by atoms with E-state index >= 15 is 0 Å². The number of anilines is 1. The van der Waals surface area contributed by atoms with Gasteiger partial charge in [-0.15, -0.1) is 0 Å². The topological polar surface area (TPSA) is 102 Å². The minimum atomic E-state index is -0.472. The highest BCUT2D eigenvalue weighted by molar-refractivity contribution is 5.94. The zero-order chi connectivity index (χ0) is 23.4. The van der Waals surface area contributed by atoms with Crippen LogP contribution in [0.3, 0.4) is 0 Å². The molecule has 0 aliphatic carbocycles. The van der Waals surface area contributed by atoms with Crippen molar-refractivity contribution < 1.29 is 9.90 Å². The van der Waals surface area contributed by atoms with Crippen molar-refractivity contribution in [3.05, 3.63) is 94.6 Å². The number of fused-ring (bicyclic) bond motifs is 1. The summed E-state index contributed by atoms with van der Waals surface area (Å²) in [6, 6.07) is 15.3. The third-order valence-corrected chi connectivity index (χ3v) is 5.67. The SMILES string of the molecule is C=C/C=C(\O)C(=O)N1CCN(c2c(C#N)c(=O)n(Cc3ccccc3)c3ncccc23)CC1. The molecule has 3 aromatic rings. The molecule has 0 saturated carbocycles. The lowest BCUT2D eigenvalue weighted by molar-refractivity contribution is -0.130. The van der Waals surface area contributed by atoms with E-state index < -0.39 is 11.5 Å². The molecule has 2 aromatic heterocycles. The maximum absolute atomic E-state index is 13.4. The number of aliphatic hydroxyl groups is 1. The molecule has 3 heterocycles. The Morgan fingerprint density at radius 3 is 2.55 bits per heavy atom. The number of carbonyl (C=O) groups excluding carboxylic acids is 1. The number of carbonyl (C=O) groups is 1. The number of nitrogens with zero attached hydrogens (tertiary/aromatic N) is 5. The van der Waals surface area contributed by atoms with E-state index in [2.05, 4.69) is 17.6 Å². The maximum Gasteiger partial charge on any atom is 0.288 e. The molecule has 0 unspecified atom stereocenters. The van der Waals surface area contributed by atoms with Crippen molar-refractivity contribution in [1.82, 2.24) is 14.5 Å². The Kier molecular flexibility index (Phi) is 6.22. The van der Waals surface area contributed by atoms with Gasteiger partial charge in [0.15, 0.2) is 5.76 Å². The second-order valence-corrected chi connectivity index (χ2v) is 7.65. The highest BCUT2D eigenvalue weighted by Crippen LogP contribution is 2.29. The zero-order valence-electron chi connectivity index (χ0n) is 18.0. The van der Waals surface area contributed by atoms with Crippen LogP contribution in [0.5, 0.6) is 0 Å². The normalized spacial score (nSPS) is 14.2. The molecule has 0 radical (unpaired) electrons. The number of hydrogen-bond acceptors (Lipinski definition) is 6. The summed E-state index contributed by atoms with van der Waals surface area (Å²) in [5.41, 5.74) is 1.63. The van der Waals surface area contributed by atoms with Crippen LogP contribution in [0.25, 0.3) is 11.0 Å². The molecular weight excluding hydrogens is 418 g/mol. The van der Waals surface area contributed by atoms with Gasteiger partial charge in [0.1, 0.15) is 17.3 Å². The van der Waals surface area contributed by atoms with Crippen molar-refractivity contribution in [1.29, 1.82) is 5.26 Å². The first kappa shape index (κ1) is 21.8. The van der Waals surface area contributed by atoms with Gasteiger partial charge in [-0.05, 0) is 23.8 Å². The van der Waals surface area contributed by atoms with Gasteiger partial charge in [0.25, 0.3) is 11.5 Å². The highest BCUT2D eigenvalue weighted by Gasteiger charge is 2.28. The number of aliphatic hydroxyl groups excluding tert-OH is 1. The van der Waals surface area contributed by atoms with Crippen LogP contribution in [-0.4, -0.2) is 51.6 Å². The second kappa shape index (κ2) is 9.40. The van der Waals surface area contributed by atoms with E-state index in [0.717, 1.165) is 5.56 Å². The summed E-state index contributed by atoms with van der Waals surface area (Å²) in [5, 5.41) is 20.5. The van der Waals surface area contributed by atoms with Crippen LogP contribution in [0.4, 0.5) is 5.69 Å². The lowest BCUT2D eigenvalue weighted by Crippen LogP contribution is -2.49. The van der Waals surface area contributed by atoms with E-state index in [1.54, 1.807) is 12.3 Å². The molecule has 1 aliphatic rings. The van der Waals surface area contributed by atoms with E-state index in [-0.39, 0.29) is 11.3 Å². The second-order valence-electron chi connectivity index (χ2n) is 7.65. The molecular formula is C25H23N5O3. The minimum Gasteiger partial charge on any atom is -0.503 e. The molecule has 1 fully saturated rings. The molecule has 1 amide bonds. The fraction of sp³-hybridized carbons (Fsp3) is 0.200. The van der Waals surface area contributed by atoms with Gasteiger partial charge in [-0.3, -0.25) is 14.2 Å². The summed E-state index contributed by atoms with van der Waals surface area (Å²) in [6.07, 6.45) is 4.24. The highest BCUT2D eigenvalue weighted by atomic mass is 16.3. The molecule has 0 atom stereocenters. The summed E-state index contributed by atoms with van der Waals surface area (Å²) in [7, 11) is 0. The monoisotopic (exact) mass is 441 g/mol. The average molecular weight is 441 g/mol. The first-order valence-electron chi connectivity index (χ1n) is 10.6. The number of piperazine rings is 1. The number of allylic oxidation sites excluding steroid dienone is 2. The summed E-state index contributed by atoms with van der Waals surface area (Å²) < 4.78 is 1.53. The largest absolute Gasteiger partial charge is 0.503 e. The van der Waals surface area contributed by atoms with Crippen molar-refractivity contribution in [3.63, 3.8) is 0 Å². The summed E-state index contributed by atoms with van der Waals surface area (Å²) >= 11 is 0. The number of nitriles is 1. The first-order valence-corrected chi connectivity index (χ1v) is 10.6.